The van der Waals surface area contributed by atoms with Crippen molar-refractivity contribution in [3.05, 3.63) is 28.2 Å². The summed E-state index contributed by atoms with van der Waals surface area (Å²) in [6.07, 6.45) is 2.64. The van der Waals surface area contributed by atoms with E-state index >= 15 is 0 Å². The Morgan fingerprint density at radius 1 is 1.28 bits per heavy atom. The standard InChI is InChI=1S/C14H20Cl2N2/c1-11-4-7-18(8-5-11)9-6-17-14-3-2-12(15)10-13(14)16/h2-3,10-11,17H,4-9H2,1H3. The van der Waals surface area contributed by atoms with Gasteiger partial charge in [-0.15, -0.1) is 0 Å². The molecule has 0 saturated carbocycles. The summed E-state index contributed by atoms with van der Waals surface area (Å²) in [5.74, 6) is 0.889. The van der Waals surface area contributed by atoms with Gasteiger partial charge in [0.05, 0.1) is 10.7 Å². The third-order valence-electron chi connectivity index (χ3n) is 3.55. The maximum atomic E-state index is 6.11. The van der Waals surface area contributed by atoms with E-state index in [0.717, 1.165) is 24.7 Å². The van der Waals surface area contributed by atoms with Crippen LogP contribution in [-0.2, 0) is 0 Å². The zero-order valence-corrected chi connectivity index (χ0v) is 12.3. The normalized spacial score (nSPS) is 17.9. The molecule has 1 fully saturated rings. The Bertz CT molecular complexity index is 387. The molecule has 0 aliphatic carbocycles. The minimum absolute atomic E-state index is 0.676. The lowest BCUT2D eigenvalue weighted by Gasteiger charge is -2.30. The van der Waals surface area contributed by atoms with Gasteiger partial charge in [-0.25, -0.2) is 0 Å². The molecule has 1 aromatic rings. The molecule has 0 atom stereocenters. The van der Waals surface area contributed by atoms with E-state index in [1.807, 2.05) is 12.1 Å². The summed E-state index contributed by atoms with van der Waals surface area (Å²) in [5.41, 5.74) is 0.964. The molecule has 0 radical (unpaired) electrons. The van der Waals surface area contributed by atoms with E-state index in [9.17, 15) is 0 Å². The van der Waals surface area contributed by atoms with Crippen molar-refractivity contribution >= 4 is 28.9 Å². The summed E-state index contributed by atoms with van der Waals surface area (Å²) in [6, 6.07) is 5.56. The number of anilines is 1. The SMILES string of the molecule is CC1CCN(CCNc2ccc(Cl)cc2Cl)CC1. The van der Waals surface area contributed by atoms with Gasteiger partial charge in [0.1, 0.15) is 0 Å². The van der Waals surface area contributed by atoms with Gasteiger partial charge >= 0.3 is 0 Å². The smallest absolute Gasteiger partial charge is 0.0652 e. The summed E-state index contributed by atoms with van der Waals surface area (Å²) >= 11 is 12.0. The number of hydrogen-bond donors (Lipinski definition) is 1. The van der Waals surface area contributed by atoms with Crippen LogP contribution in [-0.4, -0.2) is 31.1 Å². The van der Waals surface area contributed by atoms with Crippen LogP contribution in [0.15, 0.2) is 18.2 Å². The molecule has 4 heteroatoms. The minimum Gasteiger partial charge on any atom is -0.383 e. The second-order valence-electron chi connectivity index (χ2n) is 5.08. The first kappa shape index (κ1) is 14.0. The number of benzene rings is 1. The first-order chi connectivity index (χ1) is 8.65. The number of halogens is 2. The van der Waals surface area contributed by atoms with Gasteiger partial charge in [-0.3, -0.25) is 0 Å². The van der Waals surface area contributed by atoms with Crippen molar-refractivity contribution in [1.29, 1.82) is 0 Å². The topological polar surface area (TPSA) is 15.3 Å². The fourth-order valence-electron chi connectivity index (χ4n) is 2.27. The molecule has 2 nitrogen and oxygen atoms in total. The highest BCUT2D eigenvalue weighted by molar-refractivity contribution is 6.36. The Hall–Kier alpha value is -0.440. The third-order valence-corrected chi connectivity index (χ3v) is 4.10. The number of piperidine rings is 1. The first-order valence-corrected chi connectivity index (χ1v) is 7.32. The summed E-state index contributed by atoms with van der Waals surface area (Å²) in [5, 5.41) is 4.73. The van der Waals surface area contributed by atoms with E-state index in [1.165, 1.54) is 25.9 Å². The van der Waals surface area contributed by atoms with E-state index in [-0.39, 0.29) is 0 Å². The molecule has 0 amide bonds. The molecule has 1 aliphatic rings. The van der Waals surface area contributed by atoms with E-state index in [4.69, 9.17) is 23.2 Å². The van der Waals surface area contributed by atoms with Gasteiger partial charge in [0.15, 0.2) is 0 Å². The van der Waals surface area contributed by atoms with Crippen molar-refractivity contribution in [2.45, 2.75) is 19.8 Å². The second-order valence-corrected chi connectivity index (χ2v) is 5.92. The van der Waals surface area contributed by atoms with Crippen molar-refractivity contribution in [2.75, 3.05) is 31.5 Å². The lowest BCUT2D eigenvalue weighted by Crippen LogP contribution is -2.36. The van der Waals surface area contributed by atoms with Gasteiger partial charge in [-0.2, -0.15) is 0 Å². The molecule has 1 saturated heterocycles. The molecule has 1 aromatic carbocycles. The summed E-state index contributed by atoms with van der Waals surface area (Å²) in [6.45, 7) is 6.78. The van der Waals surface area contributed by atoms with Gasteiger partial charge in [-0.05, 0) is 50.0 Å². The largest absolute Gasteiger partial charge is 0.383 e. The van der Waals surface area contributed by atoms with E-state index in [2.05, 4.69) is 17.1 Å². The first-order valence-electron chi connectivity index (χ1n) is 6.56. The predicted molar refractivity (Wildman–Crippen MR) is 79.8 cm³/mol. The molecule has 0 unspecified atom stereocenters. The highest BCUT2D eigenvalue weighted by Gasteiger charge is 2.14. The Labute approximate surface area is 119 Å². The molecule has 2 rings (SSSR count). The average molecular weight is 287 g/mol. The van der Waals surface area contributed by atoms with Crippen LogP contribution in [0.2, 0.25) is 10.0 Å². The second kappa shape index (κ2) is 6.65. The fraction of sp³-hybridized carbons (Fsp3) is 0.571. The van der Waals surface area contributed by atoms with Crippen LogP contribution in [0.4, 0.5) is 5.69 Å². The molecule has 1 heterocycles. The third kappa shape index (κ3) is 4.04. The average Bonchev–Trinajstić information content (AvgIpc) is 2.34. The predicted octanol–water partition coefficient (Wildman–Crippen LogP) is 4.14. The van der Waals surface area contributed by atoms with Crippen molar-refractivity contribution in [3.63, 3.8) is 0 Å². The maximum Gasteiger partial charge on any atom is 0.0652 e. The number of likely N-dealkylation sites (tertiary alicyclic amines) is 1. The molecule has 100 valence electrons. The fourth-order valence-corrected chi connectivity index (χ4v) is 2.74. The lowest BCUT2D eigenvalue weighted by atomic mass is 9.99. The van der Waals surface area contributed by atoms with E-state index in [0.29, 0.717) is 10.0 Å². The molecule has 0 spiro atoms. The van der Waals surface area contributed by atoms with Crippen molar-refractivity contribution in [1.82, 2.24) is 4.90 Å². The number of nitrogens with one attached hydrogen (secondary N) is 1. The van der Waals surface area contributed by atoms with Crippen LogP contribution >= 0.6 is 23.2 Å². The van der Waals surface area contributed by atoms with Crippen LogP contribution in [0, 0.1) is 5.92 Å². The van der Waals surface area contributed by atoms with Gasteiger partial charge < -0.3 is 10.2 Å². The van der Waals surface area contributed by atoms with Crippen molar-refractivity contribution in [2.24, 2.45) is 5.92 Å². The van der Waals surface area contributed by atoms with E-state index in [1.54, 1.807) is 6.07 Å². The zero-order valence-electron chi connectivity index (χ0n) is 10.8. The molecular weight excluding hydrogens is 267 g/mol. The molecule has 18 heavy (non-hydrogen) atoms. The highest BCUT2D eigenvalue weighted by atomic mass is 35.5. The van der Waals surface area contributed by atoms with Crippen molar-refractivity contribution < 1.29 is 0 Å². The van der Waals surface area contributed by atoms with Gasteiger partial charge in [0.25, 0.3) is 0 Å². The monoisotopic (exact) mass is 286 g/mol. The molecule has 1 N–H and O–H groups in total. The van der Waals surface area contributed by atoms with Gasteiger partial charge in [-0.1, -0.05) is 30.1 Å². The zero-order chi connectivity index (χ0) is 13.0. The van der Waals surface area contributed by atoms with Gasteiger partial charge in [0.2, 0.25) is 0 Å². The molecule has 1 aliphatic heterocycles. The lowest BCUT2D eigenvalue weighted by molar-refractivity contribution is 0.199. The Morgan fingerprint density at radius 3 is 2.67 bits per heavy atom. The summed E-state index contributed by atoms with van der Waals surface area (Å²) < 4.78 is 0. The number of hydrogen-bond acceptors (Lipinski definition) is 2. The van der Waals surface area contributed by atoms with Crippen LogP contribution < -0.4 is 5.32 Å². The number of rotatable bonds is 4. The molecular formula is C14H20Cl2N2. The Morgan fingerprint density at radius 2 is 2.00 bits per heavy atom. The van der Waals surface area contributed by atoms with E-state index < -0.39 is 0 Å². The quantitative estimate of drug-likeness (QED) is 0.895. The Kier molecular flexibility index (Phi) is 5.16. The van der Waals surface area contributed by atoms with Crippen molar-refractivity contribution in [3.8, 4) is 0 Å². The molecule has 0 aromatic heterocycles. The van der Waals surface area contributed by atoms with Gasteiger partial charge in [0, 0.05) is 18.1 Å². The Balaban J connectivity index is 1.75. The highest BCUT2D eigenvalue weighted by Crippen LogP contribution is 2.25. The van der Waals surface area contributed by atoms with Crippen LogP contribution in [0.1, 0.15) is 19.8 Å². The maximum absolute atomic E-state index is 6.11. The minimum atomic E-state index is 0.676. The van der Waals surface area contributed by atoms with Crippen LogP contribution in [0.5, 0.6) is 0 Å². The summed E-state index contributed by atoms with van der Waals surface area (Å²) in [7, 11) is 0. The van der Waals surface area contributed by atoms with Crippen LogP contribution in [0.25, 0.3) is 0 Å². The number of nitrogens with zero attached hydrogens (tertiary/aromatic N) is 1. The van der Waals surface area contributed by atoms with Crippen LogP contribution in [0.3, 0.4) is 0 Å². The summed E-state index contributed by atoms with van der Waals surface area (Å²) in [4.78, 5) is 2.51. The molecule has 0 bridgehead atoms.